The van der Waals surface area contributed by atoms with Gasteiger partial charge in [-0.1, -0.05) is 36.8 Å². The Morgan fingerprint density at radius 1 is 1.31 bits per heavy atom. The molecule has 2 aliphatic heterocycles. The first kappa shape index (κ1) is 17.5. The lowest BCUT2D eigenvalue weighted by Crippen LogP contribution is -2.39. The molecule has 0 bridgehead atoms. The van der Waals surface area contributed by atoms with Gasteiger partial charge in [0, 0.05) is 31.5 Å². The zero-order valence-corrected chi connectivity index (χ0v) is 15.6. The molecular formula is C21H29N3O2. The van der Waals surface area contributed by atoms with Crippen molar-refractivity contribution in [1.82, 2.24) is 9.80 Å². The number of likely N-dealkylation sites (tertiary alicyclic amines) is 2. The number of hydrogen-bond acceptors (Lipinski definition) is 3. The summed E-state index contributed by atoms with van der Waals surface area (Å²) in [7, 11) is 0. The van der Waals surface area contributed by atoms with Crippen LogP contribution in [0.25, 0.3) is 0 Å². The first-order chi connectivity index (χ1) is 12.5. The van der Waals surface area contributed by atoms with Crippen LogP contribution in [0.15, 0.2) is 30.3 Å². The van der Waals surface area contributed by atoms with Crippen molar-refractivity contribution in [3.05, 3.63) is 35.9 Å². The summed E-state index contributed by atoms with van der Waals surface area (Å²) in [4.78, 5) is 29.5. The summed E-state index contributed by atoms with van der Waals surface area (Å²) in [5, 5.41) is 0. The minimum Gasteiger partial charge on any atom is -0.341 e. The third kappa shape index (κ3) is 2.82. The third-order valence-corrected chi connectivity index (χ3v) is 7.02. The number of nitrogens with zero attached hydrogens (tertiary/aromatic N) is 2. The van der Waals surface area contributed by atoms with E-state index in [1.165, 1.54) is 12.8 Å². The Morgan fingerprint density at radius 2 is 2.08 bits per heavy atom. The van der Waals surface area contributed by atoms with Gasteiger partial charge in [-0.15, -0.1) is 0 Å². The number of carbonyl (C=O) groups is 2. The van der Waals surface area contributed by atoms with Crippen LogP contribution < -0.4 is 5.73 Å². The van der Waals surface area contributed by atoms with Crippen molar-refractivity contribution in [1.29, 1.82) is 0 Å². The fraction of sp³-hybridized carbons (Fsp3) is 0.619. The van der Waals surface area contributed by atoms with E-state index >= 15 is 0 Å². The van der Waals surface area contributed by atoms with E-state index < -0.39 is 0 Å². The molecule has 2 unspecified atom stereocenters. The first-order valence-electron chi connectivity index (χ1n) is 9.87. The van der Waals surface area contributed by atoms with Gasteiger partial charge in [0.1, 0.15) is 0 Å². The van der Waals surface area contributed by atoms with Gasteiger partial charge in [-0.25, -0.2) is 0 Å². The van der Waals surface area contributed by atoms with Crippen LogP contribution in [0.2, 0.25) is 0 Å². The second kappa shape index (κ2) is 6.69. The Bertz CT molecular complexity index is 692. The highest BCUT2D eigenvalue weighted by molar-refractivity contribution is 5.89. The van der Waals surface area contributed by atoms with Gasteiger partial charge in [0.25, 0.3) is 0 Å². The third-order valence-electron chi connectivity index (χ3n) is 7.02. The van der Waals surface area contributed by atoms with Crippen LogP contribution in [-0.4, -0.2) is 47.8 Å². The van der Waals surface area contributed by atoms with Crippen LogP contribution in [0, 0.1) is 17.3 Å². The van der Waals surface area contributed by atoms with E-state index in [2.05, 4.69) is 0 Å². The molecule has 5 nitrogen and oxygen atoms in total. The molecule has 2 amide bonds. The highest BCUT2D eigenvalue weighted by atomic mass is 16.2. The molecule has 3 aliphatic rings. The Labute approximate surface area is 155 Å². The molecule has 2 heterocycles. The molecule has 2 N–H and O–H groups in total. The maximum atomic E-state index is 13.1. The summed E-state index contributed by atoms with van der Waals surface area (Å²) < 4.78 is 0. The average Bonchev–Trinajstić information content (AvgIpc) is 3.33. The average molecular weight is 355 g/mol. The summed E-state index contributed by atoms with van der Waals surface area (Å²) >= 11 is 0. The summed E-state index contributed by atoms with van der Waals surface area (Å²) in [5.74, 6) is 0.589. The number of amides is 2. The van der Waals surface area contributed by atoms with Crippen molar-refractivity contribution >= 4 is 11.8 Å². The molecule has 5 heteroatoms. The molecule has 26 heavy (non-hydrogen) atoms. The van der Waals surface area contributed by atoms with Crippen molar-refractivity contribution in [3.8, 4) is 0 Å². The number of hydrogen-bond donors (Lipinski definition) is 1. The van der Waals surface area contributed by atoms with Crippen LogP contribution >= 0.6 is 0 Å². The number of carbonyl (C=O) groups excluding carboxylic acids is 2. The molecule has 4 rings (SSSR count). The largest absolute Gasteiger partial charge is 0.341 e. The van der Waals surface area contributed by atoms with E-state index in [4.69, 9.17) is 5.73 Å². The standard InChI is InChI=1S/C21H29N3O2/c1-15(16-6-3-2-4-7-16)24-11-17(10-19(24)25)20(26)23-12-18-8-5-9-21(18,13-22)14-23/h2-4,6-7,15,17-18H,5,8-14,22H2,1H3/t15?,17?,18-,21-/m0/s1. The highest BCUT2D eigenvalue weighted by Gasteiger charge is 2.51. The second-order valence-corrected chi connectivity index (χ2v) is 8.41. The summed E-state index contributed by atoms with van der Waals surface area (Å²) in [6.45, 7) is 4.86. The minimum absolute atomic E-state index is 0.00911. The predicted octanol–water partition coefficient (Wildman–Crippen LogP) is 2.18. The van der Waals surface area contributed by atoms with Gasteiger partial charge in [-0.2, -0.15) is 0 Å². The van der Waals surface area contributed by atoms with E-state index in [-0.39, 0.29) is 29.2 Å². The van der Waals surface area contributed by atoms with E-state index in [0.717, 1.165) is 25.1 Å². The fourth-order valence-electron chi connectivity index (χ4n) is 5.36. The first-order valence-corrected chi connectivity index (χ1v) is 9.87. The molecule has 1 aromatic rings. The Hall–Kier alpha value is -1.88. The fourth-order valence-corrected chi connectivity index (χ4v) is 5.36. The zero-order chi connectivity index (χ0) is 18.3. The van der Waals surface area contributed by atoms with Crippen molar-refractivity contribution in [2.75, 3.05) is 26.2 Å². The van der Waals surface area contributed by atoms with Gasteiger partial charge in [-0.3, -0.25) is 9.59 Å². The minimum atomic E-state index is -0.206. The molecule has 3 fully saturated rings. The lowest BCUT2D eigenvalue weighted by Gasteiger charge is -2.28. The Morgan fingerprint density at radius 3 is 2.77 bits per heavy atom. The molecule has 0 aromatic heterocycles. The molecule has 4 atom stereocenters. The molecule has 140 valence electrons. The maximum Gasteiger partial charge on any atom is 0.228 e. The van der Waals surface area contributed by atoms with Crippen molar-refractivity contribution in [3.63, 3.8) is 0 Å². The van der Waals surface area contributed by atoms with E-state index in [1.54, 1.807) is 0 Å². The van der Waals surface area contributed by atoms with Crippen molar-refractivity contribution in [2.24, 2.45) is 23.0 Å². The van der Waals surface area contributed by atoms with Gasteiger partial charge in [-0.05, 0) is 37.8 Å². The second-order valence-electron chi connectivity index (χ2n) is 8.41. The molecular weight excluding hydrogens is 326 g/mol. The lowest BCUT2D eigenvalue weighted by molar-refractivity contribution is -0.135. The van der Waals surface area contributed by atoms with E-state index in [0.29, 0.717) is 25.4 Å². The van der Waals surface area contributed by atoms with Crippen LogP contribution in [0.5, 0.6) is 0 Å². The summed E-state index contributed by atoms with van der Waals surface area (Å²) in [5.41, 5.74) is 7.33. The van der Waals surface area contributed by atoms with Crippen molar-refractivity contribution in [2.45, 2.75) is 38.6 Å². The molecule has 1 saturated carbocycles. The maximum absolute atomic E-state index is 13.1. The number of rotatable bonds is 4. The molecule has 0 spiro atoms. The van der Waals surface area contributed by atoms with E-state index in [1.807, 2.05) is 47.1 Å². The highest BCUT2D eigenvalue weighted by Crippen LogP contribution is 2.48. The van der Waals surface area contributed by atoms with Gasteiger partial charge in [0.2, 0.25) is 11.8 Å². The SMILES string of the molecule is CC(c1ccccc1)N1CC(C(=O)N2C[C@@H]3CCC[C@]3(CN)C2)CC1=O. The Balaban J connectivity index is 1.43. The number of benzene rings is 1. The van der Waals surface area contributed by atoms with Gasteiger partial charge in [0.05, 0.1) is 12.0 Å². The van der Waals surface area contributed by atoms with Gasteiger partial charge < -0.3 is 15.5 Å². The predicted molar refractivity (Wildman–Crippen MR) is 100 cm³/mol. The monoisotopic (exact) mass is 355 g/mol. The molecule has 1 aromatic carbocycles. The van der Waals surface area contributed by atoms with Crippen molar-refractivity contribution < 1.29 is 9.59 Å². The normalized spacial score (nSPS) is 32.2. The summed E-state index contributed by atoms with van der Waals surface area (Å²) in [6, 6.07) is 10.1. The number of nitrogens with two attached hydrogens (primary N) is 1. The quantitative estimate of drug-likeness (QED) is 0.900. The van der Waals surface area contributed by atoms with Gasteiger partial charge >= 0.3 is 0 Å². The smallest absolute Gasteiger partial charge is 0.228 e. The Kier molecular flexibility index (Phi) is 4.51. The van der Waals surface area contributed by atoms with Crippen LogP contribution in [0.1, 0.15) is 44.2 Å². The topological polar surface area (TPSA) is 66.6 Å². The number of fused-ring (bicyclic) bond motifs is 1. The molecule has 0 radical (unpaired) electrons. The van der Waals surface area contributed by atoms with Crippen LogP contribution in [-0.2, 0) is 9.59 Å². The van der Waals surface area contributed by atoms with Crippen LogP contribution in [0.3, 0.4) is 0 Å². The lowest BCUT2D eigenvalue weighted by atomic mass is 9.81. The molecule has 2 saturated heterocycles. The zero-order valence-electron chi connectivity index (χ0n) is 15.6. The van der Waals surface area contributed by atoms with Gasteiger partial charge in [0.15, 0.2) is 0 Å². The van der Waals surface area contributed by atoms with E-state index in [9.17, 15) is 9.59 Å². The molecule has 1 aliphatic carbocycles. The van der Waals surface area contributed by atoms with Crippen LogP contribution in [0.4, 0.5) is 0 Å². The summed E-state index contributed by atoms with van der Waals surface area (Å²) in [6.07, 6.45) is 3.89.